The van der Waals surface area contributed by atoms with Gasteiger partial charge in [-0.05, 0) is 15.9 Å². The average Bonchev–Trinajstić information content (AvgIpc) is 2.06. The molecule has 2 N–H and O–H groups in total. The number of anilines is 1. The minimum Gasteiger partial charge on any atom is -0.397 e. The predicted molar refractivity (Wildman–Crippen MR) is 54.3 cm³/mol. The lowest BCUT2D eigenvalue weighted by Crippen LogP contribution is -2.05. The van der Waals surface area contributed by atoms with Gasteiger partial charge in [-0.25, -0.2) is 17.2 Å². The predicted octanol–water partition coefficient (Wildman–Crippen LogP) is 2.29. The third-order valence-electron chi connectivity index (χ3n) is 1.48. The Hall–Kier alpha value is -0.470. The highest BCUT2D eigenvalue weighted by Crippen LogP contribution is 2.35. The Morgan fingerprint density at radius 1 is 1.53 bits per heavy atom. The van der Waals surface area contributed by atoms with Gasteiger partial charge in [0.25, 0.3) is 15.5 Å². The number of alkyl halides is 2. The Labute approximate surface area is 97.0 Å². The van der Waals surface area contributed by atoms with Crippen molar-refractivity contribution in [3.05, 3.63) is 16.4 Å². The molecule has 0 saturated heterocycles. The zero-order valence-electron chi connectivity index (χ0n) is 6.92. The van der Waals surface area contributed by atoms with E-state index in [1.807, 2.05) is 0 Å². The summed E-state index contributed by atoms with van der Waals surface area (Å²) in [4.78, 5) is 2.44. The second-order valence-corrected chi connectivity index (χ2v) is 5.78. The molecule has 0 aliphatic heterocycles. The number of rotatable bonds is 2. The van der Waals surface area contributed by atoms with E-state index in [0.717, 1.165) is 6.20 Å². The Bertz CT molecular complexity index is 494. The van der Waals surface area contributed by atoms with Crippen LogP contribution in [0.5, 0.6) is 0 Å². The summed E-state index contributed by atoms with van der Waals surface area (Å²) in [6, 6.07) is 0. The van der Waals surface area contributed by atoms with Crippen molar-refractivity contribution in [3.8, 4) is 0 Å². The molecule has 0 unspecified atom stereocenters. The van der Waals surface area contributed by atoms with Gasteiger partial charge in [0, 0.05) is 10.7 Å². The monoisotopic (exact) mass is 320 g/mol. The van der Waals surface area contributed by atoms with E-state index in [1.165, 1.54) is 0 Å². The lowest BCUT2D eigenvalue weighted by Gasteiger charge is -2.08. The number of nitrogens with two attached hydrogens (primary N) is 1. The summed E-state index contributed by atoms with van der Waals surface area (Å²) in [5.74, 6) is 0. The van der Waals surface area contributed by atoms with Crippen LogP contribution in [0, 0.1) is 0 Å². The summed E-state index contributed by atoms with van der Waals surface area (Å²) in [5, 5.41) is 0. The van der Waals surface area contributed by atoms with Gasteiger partial charge in [0.2, 0.25) is 0 Å². The van der Waals surface area contributed by atoms with Gasteiger partial charge < -0.3 is 5.73 Å². The first-order valence-corrected chi connectivity index (χ1v) is 6.52. The summed E-state index contributed by atoms with van der Waals surface area (Å²) >= 11 is 2.77. The van der Waals surface area contributed by atoms with E-state index in [2.05, 4.69) is 20.9 Å². The summed E-state index contributed by atoms with van der Waals surface area (Å²) in [5.41, 5.74) is 4.30. The van der Waals surface area contributed by atoms with Crippen molar-refractivity contribution in [1.82, 2.24) is 4.98 Å². The van der Waals surface area contributed by atoms with Gasteiger partial charge in [0.1, 0.15) is 10.6 Å². The molecule has 0 atom stereocenters. The van der Waals surface area contributed by atoms with E-state index in [4.69, 9.17) is 16.4 Å². The number of hydrogen-bond acceptors (Lipinski definition) is 4. The van der Waals surface area contributed by atoms with Crippen LogP contribution in [0.15, 0.2) is 15.6 Å². The number of hydrogen-bond donors (Lipinski definition) is 1. The lowest BCUT2D eigenvalue weighted by molar-refractivity contribution is 0.142. The maximum atomic E-state index is 12.4. The minimum absolute atomic E-state index is 0.0846. The van der Waals surface area contributed by atoms with Crippen molar-refractivity contribution in [2.45, 2.75) is 11.3 Å². The Balaban J connectivity index is 3.65. The first-order chi connectivity index (χ1) is 6.75. The van der Waals surface area contributed by atoms with Crippen LogP contribution in [-0.2, 0) is 9.05 Å². The van der Waals surface area contributed by atoms with Crippen molar-refractivity contribution < 1.29 is 17.2 Å². The van der Waals surface area contributed by atoms with Gasteiger partial charge in [0.05, 0.1) is 16.4 Å². The number of aromatic nitrogens is 1. The smallest absolute Gasteiger partial charge is 0.281 e. The molecule has 84 valence electrons. The van der Waals surface area contributed by atoms with Crippen LogP contribution < -0.4 is 5.73 Å². The zero-order chi connectivity index (χ0) is 11.8. The molecule has 0 fully saturated rings. The number of halogens is 4. The summed E-state index contributed by atoms with van der Waals surface area (Å²) in [7, 11) is 0.670. The van der Waals surface area contributed by atoms with Crippen molar-refractivity contribution in [2.24, 2.45) is 0 Å². The fourth-order valence-corrected chi connectivity index (χ4v) is 3.30. The van der Waals surface area contributed by atoms with Crippen molar-refractivity contribution in [3.63, 3.8) is 0 Å². The normalized spacial score (nSPS) is 12.1. The summed E-state index contributed by atoms with van der Waals surface area (Å²) in [6.07, 6.45) is -2.12. The maximum Gasteiger partial charge on any atom is 0.281 e. The van der Waals surface area contributed by atoms with Gasteiger partial charge in [-0.3, -0.25) is 4.98 Å². The molecule has 0 radical (unpaired) electrons. The van der Waals surface area contributed by atoms with Crippen LogP contribution in [0.25, 0.3) is 0 Å². The van der Waals surface area contributed by atoms with Crippen molar-refractivity contribution in [2.75, 3.05) is 5.73 Å². The molecule has 1 aromatic heterocycles. The van der Waals surface area contributed by atoms with E-state index < -0.39 is 26.1 Å². The van der Waals surface area contributed by atoms with Crippen LogP contribution in [0.4, 0.5) is 14.5 Å². The molecular formula is C6H4BrClF2N2O2S. The first-order valence-electron chi connectivity index (χ1n) is 3.42. The fraction of sp³-hybridized carbons (Fsp3) is 0.167. The molecule has 0 amide bonds. The van der Waals surface area contributed by atoms with Crippen LogP contribution >= 0.6 is 26.6 Å². The average molecular weight is 322 g/mol. The standard InChI is InChI=1S/C6H4BrClF2N2O2S/c7-3-2(11)1-12-4(6(9)10)5(3)15(8,13)14/h1,6H,11H2. The Morgan fingerprint density at radius 3 is 2.47 bits per heavy atom. The Kier molecular flexibility index (Phi) is 3.51. The molecular weight excluding hydrogens is 317 g/mol. The summed E-state index contributed by atoms with van der Waals surface area (Å²) in [6.45, 7) is 0. The second kappa shape index (κ2) is 4.18. The van der Waals surface area contributed by atoms with Crippen LogP contribution in [0.3, 0.4) is 0 Å². The molecule has 0 aliphatic rings. The molecule has 0 aromatic carbocycles. The SMILES string of the molecule is Nc1cnc(C(F)F)c(S(=O)(=O)Cl)c1Br. The molecule has 0 aliphatic carbocycles. The molecule has 15 heavy (non-hydrogen) atoms. The third kappa shape index (κ3) is 2.56. The van der Waals surface area contributed by atoms with Crippen LogP contribution in [0.2, 0.25) is 0 Å². The number of nitrogens with zero attached hydrogens (tertiary/aromatic N) is 1. The maximum absolute atomic E-state index is 12.4. The van der Waals surface area contributed by atoms with Crippen LogP contribution in [0.1, 0.15) is 12.1 Å². The van der Waals surface area contributed by atoms with E-state index in [9.17, 15) is 17.2 Å². The van der Waals surface area contributed by atoms with Gasteiger partial charge in [-0.2, -0.15) is 0 Å². The van der Waals surface area contributed by atoms with Gasteiger partial charge in [-0.15, -0.1) is 0 Å². The largest absolute Gasteiger partial charge is 0.397 e. The molecule has 4 nitrogen and oxygen atoms in total. The van der Waals surface area contributed by atoms with Gasteiger partial charge in [0.15, 0.2) is 0 Å². The quantitative estimate of drug-likeness (QED) is 0.848. The Morgan fingerprint density at radius 2 is 2.07 bits per heavy atom. The highest BCUT2D eigenvalue weighted by Gasteiger charge is 2.27. The molecule has 9 heteroatoms. The summed E-state index contributed by atoms with van der Waals surface area (Å²) < 4.78 is 46.7. The van der Waals surface area contributed by atoms with Gasteiger partial charge in [-0.1, -0.05) is 0 Å². The topological polar surface area (TPSA) is 73.0 Å². The number of pyridine rings is 1. The van der Waals surface area contributed by atoms with E-state index in [1.54, 1.807) is 0 Å². The van der Waals surface area contributed by atoms with Crippen molar-refractivity contribution >= 4 is 41.4 Å². The highest BCUT2D eigenvalue weighted by molar-refractivity contribution is 9.10. The molecule has 1 heterocycles. The van der Waals surface area contributed by atoms with Crippen LogP contribution in [-0.4, -0.2) is 13.4 Å². The number of nitrogen functional groups attached to an aromatic ring is 1. The molecule has 1 rings (SSSR count). The molecule has 0 spiro atoms. The molecule has 1 aromatic rings. The second-order valence-electron chi connectivity index (χ2n) is 2.48. The van der Waals surface area contributed by atoms with Crippen molar-refractivity contribution in [1.29, 1.82) is 0 Å². The minimum atomic E-state index is -4.33. The van der Waals surface area contributed by atoms with Gasteiger partial charge >= 0.3 is 0 Å². The van der Waals surface area contributed by atoms with E-state index >= 15 is 0 Å². The third-order valence-corrected chi connectivity index (χ3v) is 3.96. The highest BCUT2D eigenvalue weighted by atomic mass is 79.9. The first kappa shape index (κ1) is 12.6. The van der Waals surface area contributed by atoms with E-state index in [-0.39, 0.29) is 10.2 Å². The molecule has 0 bridgehead atoms. The lowest BCUT2D eigenvalue weighted by atomic mass is 10.3. The zero-order valence-corrected chi connectivity index (χ0v) is 10.1. The fourth-order valence-electron chi connectivity index (χ4n) is 0.885. The van der Waals surface area contributed by atoms with E-state index in [0.29, 0.717) is 0 Å². The molecule has 0 saturated carbocycles.